The summed E-state index contributed by atoms with van der Waals surface area (Å²) in [6, 6.07) is 8.13. The number of para-hydroxylation sites is 1. The van der Waals surface area contributed by atoms with Gasteiger partial charge in [-0.2, -0.15) is 0 Å². The standard InChI is InChI=1S/C16H27N3O/c1-12(2)15(11-19(4)5)17-10-16(20)18-14-9-7-6-8-13(14)3/h6-9,12,15,17H,10-11H2,1-5H3,(H,18,20). The van der Waals surface area contributed by atoms with E-state index in [1.54, 1.807) is 0 Å². The smallest absolute Gasteiger partial charge is 0.238 e. The molecule has 1 unspecified atom stereocenters. The maximum atomic E-state index is 12.0. The van der Waals surface area contributed by atoms with Gasteiger partial charge in [-0.25, -0.2) is 0 Å². The number of anilines is 1. The first-order chi connectivity index (χ1) is 9.40. The predicted octanol–water partition coefficient (Wildman–Crippen LogP) is 2.11. The van der Waals surface area contributed by atoms with Crippen molar-refractivity contribution in [1.82, 2.24) is 10.2 Å². The van der Waals surface area contributed by atoms with E-state index in [0.29, 0.717) is 18.5 Å². The van der Waals surface area contributed by atoms with Crippen LogP contribution >= 0.6 is 0 Å². The number of aryl methyl sites for hydroxylation is 1. The van der Waals surface area contributed by atoms with E-state index in [2.05, 4.69) is 29.4 Å². The van der Waals surface area contributed by atoms with Crippen LogP contribution in [0, 0.1) is 12.8 Å². The SMILES string of the molecule is Cc1ccccc1NC(=O)CNC(CN(C)C)C(C)C. The van der Waals surface area contributed by atoms with Gasteiger partial charge < -0.3 is 15.5 Å². The molecule has 0 heterocycles. The van der Waals surface area contributed by atoms with Crippen LogP contribution in [-0.2, 0) is 4.79 Å². The van der Waals surface area contributed by atoms with Gasteiger partial charge in [-0.15, -0.1) is 0 Å². The van der Waals surface area contributed by atoms with Crippen molar-refractivity contribution in [2.75, 3.05) is 32.5 Å². The van der Waals surface area contributed by atoms with Crippen LogP contribution in [0.3, 0.4) is 0 Å². The van der Waals surface area contributed by atoms with Crippen LogP contribution in [0.25, 0.3) is 0 Å². The summed E-state index contributed by atoms with van der Waals surface area (Å²) in [6.07, 6.45) is 0. The second kappa shape index (κ2) is 8.02. The lowest BCUT2D eigenvalue weighted by Gasteiger charge is -2.25. The molecule has 0 aromatic heterocycles. The molecular formula is C16H27N3O. The van der Waals surface area contributed by atoms with Gasteiger partial charge in [-0.3, -0.25) is 4.79 Å². The Morgan fingerprint density at radius 1 is 1.25 bits per heavy atom. The van der Waals surface area contributed by atoms with Crippen LogP contribution in [0.2, 0.25) is 0 Å². The molecular weight excluding hydrogens is 250 g/mol. The lowest BCUT2D eigenvalue weighted by Crippen LogP contribution is -2.45. The fraction of sp³-hybridized carbons (Fsp3) is 0.562. The van der Waals surface area contributed by atoms with Crippen LogP contribution in [0.1, 0.15) is 19.4 Å². The number of nitrogens with zero attached hydrogens (tertiary/aromatic N) is 1. The van der Waals surface area contributed by atoms with Gasteiger partial charge in [0.2, 0.25) is 5.91 Å². The first-order valence-electron chi connectivity index (χ1n) is 7.13. The maximum Gasteiger partial charge on any atom is 0.238 e. The average molecular weight is 277 g/mol. The van der Waals surface area contributed by atoms with Crippen LogP contribution in [0.5, 0.6) is 0 Å². The van der Waals surface area contributed by atoms with Crippen molar-refractivity contribution >= 4 is 11.6 Å². The highest BCUT2D eigenvalue weighted by atomic mass is 16.1. The molecule has 1 atom stereocenters. The molecule has 2 N–H and O–H groups in total. The lowest BCUT2D eigenvalue weighted by atomic mass is 10.0. The minimum atomic E-state index is 0.00343. The fourth-order valence-electron chi connectivity index (χ4n) is 2.04. The molecule has 1 rings (SSSR count). The Kier molecular flexibility index (Phi) is 6.68. The van der Waals surface area contributed by atoms with E-state index in [0.717, 1.165) is 17.8 Å². The molecule has 1 amide bonds. The molecule has 4 heteroatoms. The van der Waals surface area contributed by atoms with Crippen LogP contribution in [-0.4, -0.2) is 44.0 Å². The van der Waals surface area contributed by atoms with Gasteiger partial charge in [0.05, 0.1) is 6.54 Å². The van der Waals surface area contributed by atoms with E-state index < -0.39 is 0 Å². The Bertz CT molecular complexity index is 429. The van der Waals surface area contributed by atoms with E-state index in [1.165, 1.54) is 0 Å². The molecule has 1 aromatic carbocycles. The highest BCUT2D eigenvalue weighted by Gasteiger charge is 2.15. The summed E-state index contributed by atoms with van der Waals surface area (Å²) in [5.74, 6) is 0.493. The third kappa shape index (κ3) is 5.72. The number of rotatable bonds is 7. The first kappa shape index (κ1) is 16.7. The maximum absolute atomic E-state index is 12.0. The Balaban J connectivity index is 2.48. The molecule has 0 radical (unpaired) electrons. The van der Waals surface area contributed by atoms with Crippen LogP contribution in [0.15, 0.2) is 24.3 Å². The number of hydrogen-bond donors (Lipinski definition) is 2. The normalized spacial score (nSPS) is 12.8. The molecule has 112 valence electrons. The van der Waals surface area contributed by atoms with E-state index in [4.69, 9.17) is 0 Å². The summed E-state index contributed by atoms with van der Waals surface area (Å²) in [7, 11) is 4.09. The summed E-state index contributed by atoms with van der Waals surface area (Å²) in [6.45, 7) is 7.59. The molecule has 20 heavy (non-hydrogen) atoms. The van der Waals surface area contributed by atoms with Crippen molar-refractivity contribution < 1.29 is 4.79 Å². The topological polar surface area (TPSA) is 44.4 Å². The molecule has 0 fully saturated rings. The van der Waals surface area contributed by atoms with Crippen molar-refractivity contribution in [3.63, 3.8) is 0 Å². The Hall–Kier alpha value is -1.39. The molecule has 0 saturated heterocycles. The monoisotopic (exact) mass is 277 g/mol. The number of carbonyl (C=O) groups is 1. The first-order valence-corrected chi connectivity index (χ1v) is 7.13. The Morgan fingerprint density at radius 2 is 1.90 bits per heavy atom. The summed E-state index contributed by atoms with van der Waals surface area (Å²) >= 11 is 0. The summed E-state index contributed by atoms with van der Waals surface area (Å²) in [5.41, 5.74) is 1.96. The minimum Gasteiger partial charge on any atom is -0.325 e. The van der Waals surface area contributed by atoms with E-state index >= 15 is 0 Å². The highest BCUT2D eigenvalue weighted by Crippen LogP contribution is 2.12. The highest BCUT2D eigenvalue weighted by molar-refractivity contribution is 5.92. The lowest BCUT2D eigenvalue weighted by molar-refractivity contribution is -0.115. The number of carbonyl (C=O) groups excluding carboxylic acids is 1. The van der Waals surface area contributed by atoms with Gasteiger partial charge in [-0.05, 0) is 38.6 Å². The van der Waals surface area contributed by atoms with Gasteiger partial charge in [-0.1, -0.05) is 32.0 Å². The zero-order chi connectivity index (χ0) is 15.1. The van der Waals surface area contributed by atoms with Gasteiger partial charge in [0.15, 0.2) is 0 Å². The second-order valence-corrected chi connectivity index (χ2v) is 5.86. The molecule has 0 spiro atoms. The average Bonchev–Trinajstić information content (AvgIpc) is 2.36. The van der Waals surface area contributed by atoms with Crippen LogP contribution < -0.4 is 10.6 Å². The fourth-order valence-corrected chi connectivity index (χ4v) is 2.04. The van der Waals surface area contributed by atoms with Crippen LogP contribution in [0.4, 0.5) is 5.69 Å². The number of amides is 1. The summed E-state index contributed by atoms with van der Waals surface area (Å²) < 4.78 is 0. The zero-order valence-electron chi connectivity index (χ0n) is 13.2. The largest absolute Gasteiger partial charge is 0.325 e. The van der Waals surface area contributed by atoms with E-state index in [1.807, 2.05) is 45.3 Å². The predicted molar refractivity (Wildman–Crippen MR) is 85.0 cm³/mol. The van der Waals surface area contributed by atoms with Gasteiger partial charge in [0.1, 0.15) is 0 Å². The summed E-state index contributed by atoms with van der Waals surface area (Å²) in [4.78, 5) is 14.1. The molecule has 0 aliphatic carbocycles. The van der Waals surface area contributed by atoms with Crippen molar-refractivity contribution in [3.8, 4) is 0 Å². The molecule has 0 bridgehead atoms. The van der Waals surface area contributed by atoms with Crippen molar-refractivity contribution in [3.05, 3.63) is 29.8 Å². The zero-order valence-corrected chi connectivity index (χ0v) is 13.2. The van der Waals surface area contributed by atoms with E-state index in [9.17, 15) is 4.79 Å². The second-order valence-electron chi connectivity index (χ2n) is 5.86. The summed E-state index contributed by atoms with van der Waals surface area (Å²) in [5, 5.41) is 6.28. The quantitative estimate of drug-likeness (QED) is 0.802. The van der Waals surface area contributed by atoms with E-state index in [-0.39, 0.29) is 5.91 Å². The molecule has 0 saturated carbocycles. The minimum absolute atomic E-state index is 0.00343. The number of hydrogen-bond acceptors (Lipinski definition) is 3. The van der Waals surface area contributed by atoms with Crippen molar-refractivity contribution in [2.24, 2.45) is 5.92 Å². The third-order valence-electron chi connectivity index (χ3n) is 3.31. The Morgan fingerprint density at radius 3 is 2.45 bits per heavy atom. The van der Waals surface area contributed by atoms with Gasteiger partial charge in [0.25, 0.3) is 0 Å². The number of nitrogens with one attached hydrogen (secondary N) is 2. The number of benzene rings is 1. The number of likely N-dealkylation sites (N-methyl/N-ethyl adjacent to an activating group) is 1. The Labute approximate surface area is 122 Å². The van der Waals surface area contributed by atoms with Gasteiger partial charge in [0, 0.05) is 18.3 Å². The molecule has 4 nitrogen and oxygen atoms in total. The molecule has 0 aliphatic rings. The van der Waals surface area contributed by atoms with Crippen molar-refractivity contribution in [2.45, 2.75) is 26.8 Å². The molecule has 1 aromatic rings. The van der Waals surface area contributed by atoms with Gasteiger partial charge >= 0.3 is 0 Å². The molecule has 0 aliphatic heterocycles. The third-order valence-corrected chi connectivity index (χ3v) is 3.31. The van der Waals surface area contributed by atoms with Crippen molar-refractivity contribution in [1.29, 1.82) is 0 Å².